The summed E-state index contributed by atoms with van der Waals surface area (Å²) in [5.74, 6) is 1.05. The van der Waals surface area contributed by atoms with Crippen LogP contribution in [0, 0.1) is 18.8 Å². The maximum absolute atomic E-state index is 12.0. The van der Waals surface area contributed by atoms with Gasteiger partial charge in [0.25, 0.3) is 0 Å². The molecule has 0 spiro atoms. The molecule has 1 aliphatic heterocycles. The van der Waals surface area contributed by atoms with Gasteiger partial charge in [-0.15, -0.1) is 0 Å². The highest BCUT2D eigenvalue weighted by Gasteiger charge is 2.42. The first-order valence-electron chi connectivity index (χ1n) is 7.36. The van der Waals surface area contributed by atoms with E-state index in [0.29, 0.717) is 18.4 Å². The normalized spacial score (nSPS) is 33.4. The van der Waals surface area contributed by atoms with Gasteiger partial charge in [0.05, 0.1) is 0 Å². The maximum Gasteiger partial charge on any atom is 0.237 e. The largest absolute Gasteiger partial charge is 0.329 e. The van der Waals surface area contributed by atoms with E-state index in [1.165, 1.54) is 11.1 Å². The lowest BCUT2D eigenvalue weighted by Gasteiger charge is -2.43. The van der Waals surface area contributed by atoms with E-state index in [4.69, 9.17) is 5.73 Å². The van der Waals surface area contributed by atoms with E-state index in [1.54, 1.807) is 0 Å². The number of amides is 1. The second-order valence-corrected chi connectivity index (χ2v) is 5.99. The average molecular weight is 274 g/mol. The Labute approximate surface area is 119 Å². The molecule has 1 saturated carbocycles. The number of nitrogens with zero attached hydrogens (tertiary/aromatic N) is 1. The number of hydrogen-bond donors (Lipinski definition) is 3. The predicted octanol–water partition coefficient (Wildman–Crippen LogP) is 0.852. The molecule has 108 valence electrons. The highest BCUT2D eigenvalue weighted by molar-refractivity contribution is 5.79. The summed E-state index contributed by atoms with van der Waals surface area (Å²) in [7, 11) is 0. The van der Waals surface area contributed by atoms with E-state index in [0.717, 1.165) is 19.3 Å². The van der Waals surface area contributed by atoms with Crippen molar-refractivity contribution in [2.45, 2.75) is 38.1 Å². The zero-order chi connectivity index (χ0) is 14.1. The molecule has 0 radical (unpaired) electrons. The molecular weight excluding hydrogens is 252 g/mol. The summed E-state index contributed by atoms with van der Waals surface area (Å²) in [6.07, 6.45) is 6.82. The summed E-state index contributed by atoms with van der Waals surface area (Å²) >= 11 is 0. The van der Waals surface area contributed by atoms with E-state index in [9.17, 15) is 4.79 Å². The quantitative estimate of drug-likeness (QED) is 0.747. The van der Waals surface area contributed by atoms with Gasteiger partial charge in [0.1, 0.15) is 0 Å². The zero-order valence-corrected chi connectivity index (χ0v) is 11.8. The van der Waals surface area contributed by atoms with Crippen molar-refractivity contribution in [3.05, 3.63) is 29.6 Å². The Hall–Kier alpha value is -1.46. The molecule has 5 nitrogen and oxygen atoms in total. The third-order valence-electron chi connectivity index (χ3n) is 4.91. The number of carbonyl (C=O) groups excluding carboxylic acids is 1. The minimum atomic E-state index is 0.109. The molecule has 1 aliphatic carbocycles. The van der Waals surface area contributed by atoms with Crippen LogP contribution in [-0.2, 0) is 4.79 Å². The van der Waals surface area contributed by atoms with Gasteiger partial charge in [-0.25, -0.2) is 5.43 Å². The molecule has 4 N–H and O–H groups in total. The molecule has 1 aromatic rings. The summed E-state index contributed by atoms with van der Waals surface area (Å²) in [5.41, 5.74) is 14.3. The first kappa shape index (κ1) is 13.5. The van der Waals surface area contributed by atoms with E-state index in [1.807, 2.05) is 12.4 Å². The molecule has 0 aromatic carbocycles. The monoisotopic (exact) mass is 274 g/mol. The SMILES string of the molecule is Cc1ccncc1C1CCC2C(=O)NNC(CN)C2C1. The predicted molar refractivity (Wildman–Crippen MR) is 76.7 cm³/mol. The highest BCUT2D eigenvalue weighted by atomic mass is 16.2. The molecule has 3 rings (SSSR count). The number of hydrogen-bond acceptors (Lipinski definition) is 4. The Kier molecular flexibility index (Phi) is 3.72. The van der Waals surface area contributed by atoms with Crippen LogP contribution in [0.1, 0.15) is 36.3 Å². The van der Waals surface area contributed by atoms with Gasteiger partial charge in [-0.1, -0.05) is 0 Å². The number of aromatic nitrogens is 1. The molecule has 2 fully saturated rings. The number of fused-ring (bicyclic) bond motifs is 1. The molecule has 20 heavy (non-hydrogen) atoms. The van der Waals surface area contributed by atoms with E-state index < -0.39 is 0 Å². The number of hydrazine groups is 1. The van der Waals surface area contributed by atoms with Gasteiger partial charge in [0.2, 0.25) is 5.91 Å². The van der Waals surface area contributed by atoms with Crippen LogP contribution in [0.3, 0.4) is 0 Å². The number of aryl methyl sites for hydroxylation is 1. The molecule has 2 aliphatic rings. The van der Waals surface area contributed by atoms with Crippen LogP contribution in [0.5, 0.6) is 0 Å². The van der Waals surface area contributed by atoms with Crippen LogP contribution in [0.2, 0.25) is 0 Å². The maximum atomic E-state index is 12.0. The second kappa shape index (κ2) is 5.50. The minimum Gasteiger partial charge on any atom is -0.329 e. The van der Waals surface area contributed by atoms with Gasteiger partial charge in [-0.3, -0.25) is 15.2 Å². The third kappa shape index (κ3) is 2.31. The van der Waals surface area contributed by atoms with E-state index in [2.05, 4.69) is 28.8 Å². The van der Waals surface area contributed by atoms with Gasteiger partial charge in [0, 0.05) is 30.9 Å². The Bertz CT molecular complexity index is 504. The highest BCUT2D eigenvalue weighted by Crippen LogP contribution is 2.42. The van der Waals surface area contributed by atoms with Crippen LogP contribution in [-0.4, -0.2) is 23.5 Å². The molecule has 1 saturated heterocycles. The first-order chi connectivity index (χ1) is 9.70. The Morgan fingerprint density at radius 2 is 2.30 bits per heavy atom. The molecular formula is C15H22N4O. The summed E-state index contributed by atoms with van der Waals surface area (Å²) < 4.78 is 0. The molecule has 5 heteroatoms. The lowest BCUT2D eigenvalue weighted by atomic mass is 9.68. The van der Waals surface area contributed by atoms with Crippen molar-refractivity contribution < 1.29 is 4.79 Å². The summed E-state index contributed by atoms with van der Waals surface area (Å²) in [4.78, 5) is 16.2. The van der Waals surface area contributed by atoms with E-state index >= 15 is 0 Å². The van der Waals surface area contributed by atoms with Crippen molar-refractivity contribution in [3.8, 4) is 0 Å². The smallest absolute Gasteiger partial charge is 0.237 e. The number of pyridine rings is 1. The fourth-order valence-electron chi connectivity index (χ4n) is 3.76. The molecule has 4 unspecified atom stereocenters. The molecule has 2 heterocycles. The Morgan fingerprint density at radius 1 is 1.45 bits per heavy atom. The third-order valence-corrected chi connectivity index (χ3v) is 4.91. The Balaban J connectivity index is 1.82. The van der Waals surface area contributed by atoms with Crippen molar-refractivity contribution in [2.24, 2.45) is 17.6 Å². The van der Waals surface area contributed by atoms with Crippen molar-refractivity contribution in [3.63, 3.8) is 0 Å². The number of rotatable bonds is 2. The van der Waals surface area contributed by atoms with Crippen LogP contribution in [0.15, 0.2) is 18.5 Å². The fraction of sp³-hybridized carbons (Fsp3) is 0.600. The number of nitrogens with two attached hydrogens (primary N) is 1. The van der Waals surface area contributed by atoms with Crippen molar-refractivity contribution in [2.75, 3.05) is 6.54 Å². The van der Waals surface area contributed by atoms with Crippen molar-refractivity contribution in [1.82, 2.24) is 15.8 Å². The minimum absolute atomic E-state index is 0.109. The molecule has 4 atom stereocenters. The second-order valence-electron chi connectivity index (χ2n) is 5.99. The molecule has 1 aromatic heterocycles. The van der Waals surface area contributed by atoms with Gasteiger partial charge in [-0.05, 0) is 55.2 Å². The van der Waals surface area contributed by atoms with Gasteiger partial charge < -0.3 is 5.73 Å². The summed E-state index contributed by atoms with van der Waals surface area (Å²) in [6, 6.07) is 2.24. The standard InChI is InChI=1S/C15H22N4O/c1-9-4-5-17-8-13(9)10-2-3-11-12(6-10)14(7-16)18-19-15(11)20/h4-5,8,10-12,14,18H,2-3,6-7,16H2,1H3,(H,19,20). The van der Waals surface area contributed by atoms with Crippen LogP contribution in [0.25, 0.3) is 0 Å². The lowest BCUT2D eigenvalue weighted by Crippen LogP contribution is -2.62. The zero-order valence-electron chi connectivity index (χ0n) is 11.8. The van der Waals surface area contributed by atoms with Gasteiger partial charge in [0.15, 0.2) is 0 Å². The van der Waals surface area contributed by atoms with Crippen LogP contribution in [0.4, 0.5) is 0 Å². The number of nitrogens with one attached hydrogen (secondary N) is 2. The topological polar surface area (TPSA) is 80.0 Å². The van der Waals surface area contributed by atoms with Crippen molar-refractivity contribution in [1.29, 1.82) is 0 Å². The average Bonchev–Trinajstić information content (AvgIpc) is 2.48. The lowest BCUT2D eigenvalue weighted by molar-refractivity contribution is -0.133. The fourth-order valence-corrected chi connectivity index (χ4v) is 3.76. The van der Waals surface area contributed by atoms with Crippen LogP contribution >= 0.6 is 0 Å². The molecule has 0 bridgehead atoms. The number of carbonyl (C=O) groups is 1. The first-order valence-corrected chi connectivity index (χ1v) is 7.36. The summed E-state index contributed by atoms with van der Waals surface area (Å²) in [5, 5.41) is 0. The van der Waals surface area contributed by atoms with E-state index in [-0.39, 0.29) is 17.9 Å². The summed E-state index contributed by atoms with van der Waals surface area (Å²) in [6.45, 7) is 2.69. The van der Waals surface area contributed by atoms with Gasteiger partial charge >= 0.3 is 0 Å². The Morgan fingerprint density at radius 3 is 3.05 bits per heavy atom. The van der Waals surface area contributed by atoms with Crippen molar-refractivity contribution >= 4 is 5.91 Å². The molecule has 1 amide bonds. The van der Waals surface area contributed by atoms with Gasteiger partial charge in [-0.2, -0.15) is 0 Å². The van der Waals surface area contributed by atoms with Crippen LogP contribution < -0.4 is 16.6 Å².